The first kappa shape index (κ1) is 25.0. The van der Waals surface area contributed by atoms with Crippen molar-refractivity contribution in [3.63, 3.8) is 0 Å². The second-order valence-corrected chi connectivity index (χ2v) is 9.71. The van der Waals surface area contributed by atoms with Gasteiger partial charge in [-0.25, -0.2) is 9.37 Å². The zero-order chi connectivity index (χ0) is 23.8. The minimum atomic E-state index is -0.290. The van der Waals surface area contributed by atoms with Gasteiger partial charge in [0, 0.05) is 42.8 Å². The van der Waals surface area contributed by atoms with Crippen LogP contribution >= 0.6 is 12.4 Å². The zero-order valence-electron chi connectivity index (χ0n) is 20.4. The molecule has 0 radical (unpaired) electrons. The van der Waals surface area contributed by atoms with Gasteiger partial charge >= 0.3 is 0 Å². The summed E-state index contributed by atoms with van der Waals surface area (Å²) in [4.78, 5) is 11.3. The standard InChI is InChI=1S/C27H31FN4O3.ClH/c1-33-26-7-5-23-27(31-26)21(22(28)16-30-23)8-9-32-19-3-4-20(32)14-18(13-19)29-15-17-2-6-24-25(12-17)35-11-10-34-24;/h2,5-7,12,16,18-20,29H,3-4,8-11,13-15H2,1H3;1H. The van der Waals surface area contributed by atoms with Crippen molar-refractivity contribution in [3.05, 3.63) is 53.5 Å². The highest BCUT2D eigenvalue weighted by Gasteiger charge is 2.40. The van der Waals surface area contributed by atoms with Crippen LogP contribution in [0.2, 0.25) is 0 Å². The van der Waals surface area contributed by atoms with E-state index in [-0.39, 0.29) is 18.2 Å². The van der Waals surface area contributed by atoms with E-state index < -0.39 is 0 Å². The van der Waals surface area contributed by atoms with Crippen LogP contribution in [0, 0.1) is 5.82 Å². The highest BCUT2D eigenvalue weighted by molar-refractivity contribution is 5.85. The fraction of sp³-hybridized carbons (Fsp3) is 0.481. The molecule has 0 saturated carbocycles. The summed E-state index contributed by atoms with van der Waals surface area (Å²) in [6, 6.07) is 11.4. The maximum absolute atomic E-state index is 14.8. The second kappa shape index (κ2) is 10.7. The van der Waals surface area contributed by atoms with Crippen LogP contribution in [0.3, 0.4) is 0 Å². The molecular formula is C27H32ClFN4O3. The quantitative estimate of drug-likeness (QED) is 0.504. The minimum absolute atomic E-state index is 0. The van der Waals surface area contributed by atoms with Crippen LogP contribution in [-0.2, 0) is 13.0 Å². The number of nitrogens with zero attached hydrogens (tertiary/aromatic N) is 3. The van der Waals surface area contributed by atoms with E-state index in [4.69, 9.17) is 14.2 Å². The third-order valence-corrected chi connectivity index (χ3v) is 7.65. The molecule has 2 bridgehead atoms. The molecular weight excluding hydrogens is 483 g/mol. The Morgan fingerprint density at radius 3 is 2.64 bits per heavy atom. The van der Waals surface area contributed by atoms with E-state index >= 15 is 0 Å². The van der Waals surface area contributed by atoms with Gasteiger partial charge in [0.25, 0.3) is 0 Å². The van der Waals surface area contributed by atoms with Crippen molar-refractivity contribution in [2.45, 2.75) is 56.8 Å². The summed E-state index contributed by atoms with van der Waals surface area (Å²) < 4.78 is 31.4. The van der Waals surface area contributed by atoms with E-state index in [0.717, 1.165) is 37.4 Å². The first-order valence-corrected chi connectivity index (χ1v) is 12.5. The monoisotopic (exact) mass is 514 g/mol. The minimum Gasteiger partial charge on any atom is -0.486 e. The van der Waals surface area contributed by atoms with Crippen LogP contribution in [0.15, 0.2) is 36.5 Å². The predicted molar refractivity (Wildman–Crippen MR) is 138 cm³/mol. The van der Waals surface area contributed by atoms with Crippen molar-refractivity contribution >= 4 is 23.4 Å². The van der Waals surface area contributed by atoms with E-state index in [1.807, 2.05) is 12.1 Å². The maximum atomic E-state index is 14.8. The number of hydrogen-bond acceptors (Lipinski definition) is 7. The highest BCUT2D eigenvalue weighted by atomic mass is 35.5. The molecule has 5 heterocycles. The molecule has 2 atom stereocenters. The number of aromatic nitrogens is 2. The average Bonchev–Trinajstić information content (AvgIpc) is 3.13. The van der Waals surface area contributed by atoms with Gasteiger partial charge in [0.05, 0.1) is 24.3 Å². The Bertz CT molecular complexity index is 1220. The number of hydrogen-bond donors (Lipinski definition) is 1. The Morgan fingerprint density at radius 2 is 1.86 bits per heavy atom. The van der Waals surface area contributed by atoms with Gasteiger partial charge < -0.3 is 19.5 Å². The molecule has 0 amide bonds. The summed E-state index contributed by atoms with van der Waals surface area (Å²) in [6.07, 6.45) is 6.58. The maximum Gasteiger partial charge on any atom is 0.213 e. The van der Waals surface area contributed by atoms with Crippen molar-refractivity contribution in [1.29, 1.82) is 0 Å². The van der Waals surface area contributed by atoms with Gasteiger partial charge in [-0.1, -0.05) is 6.07 Å². The molecule has 3 aromatic rings. The molecule has 2 fully saturated rings. The van der Waals surface area contributed by atoms with E-state index in [2.05, 4.69) is 32.3 Å². The van der Waals surface area contributed by atoms with Gasteiger partial charge in [0.1, 0.15) is 19.0 Å². The summed E-state index contributed by atoms with van der Waals surface area (Å²) in [7, 11) is 1.57. The molecule has 3 aliphatic rings. The molecule has 36 heavy (non-hydrogen) atoms. The molecule has 1 aromatic carbocycles. The normalized spacial score (nSPS) is 22.9. The number of pyridine rings is 2. The number of rotatable bonds is 7. The SMILES string of the molecule is COc1ccc2ncc(F)c(CCN3C4CCC3CC(NCc3ccc5c(c3)OCCO5)C4)c2n1.Cl. The van der Waals surface area contributed by atoms with E-state index in [1.165, 1.54) is 24.6 Å². The summed E-state index contributed by atoms with van der Waals surface area (Å²) in [5.74, 6) is 1.87. The van der Waals surface area contributed by atoms with Crippen LogP contribution in [-0.4, -0.2) is 59.9 Å². The molecule has 2 unspecified atom stereocenters. The Balaban J connectivity index is 0.00000267. The molecule has 2 saturated heterocycles. The number of fused-ring (bicyclic) bond motifs is 4. The Labute approximate surface area is 216 Å². The van der Waals surface area contributed by atoms with E-state index in [0.29, 0.717) is 60.2 Å². The van der Waals surface area contributed by atoms with Gasteiger partial charge in [0.2, 0.25) is 5.88 Å². The number of benzene rings is 1. The fourth-order valence-electron chi connectivity index (χ4n) is 5.94. The van der Waals surface area contributed by atoms with Gasteiger partial charge in [-0.05, 0) is 55.9 Å². The number of nitrogens with one attached hydrogen (secondary N) is 1. The molecule has 192 valence electrons. The Kier molecular flexibility index (Phi) is 7.46. The predicted octanol–water partition coefficient (Wildman–Crippen LogP) is 4.30. The summed E-state index contributed by atoms with van der Waals surface area (Å²) in [5.41, 5.74) is 3.15. The van der Waals surface area contributed by atoms with Crippen LogP contribution < -0.4 is 19.5 Å². The molecule has 9 heteroatoms. The number of piperidine rings is 1. The number of ether oxygens (including phenoxy) is 3. The average molecular weight is 515 g/mol. The Morgan fingerprint density at radius 1 is 1.08 bits per heavy atom. The lowest BCUT2D eigenvalue weighted by molar-refractivity contribution is 0.117. The van der Waals surface area contributed by atoms with Crippen molar-refractivity contribution in [2.24, 2.45) is 0 Å². The van der Waals surface area contributed by atoms with Crippen molar-refractivity contribution in [2.75, 3.05) is 26.9 Å². The first-order valence-electron chi connectivity index (χ1n) is 12.5. The molecule has 1 N–H and O–H groups in total. The van der Waals surface area contributed by atoms with Crippen LogP contribution in [0.25, 0.3) is 11.0 Å². The van der Waals surface area contributed by atoms with Gasteiger partial charge in [-0.15, -0.1) is 12.4 Å². The van der Waals surface area contributed by atoms with Crippen molar-refractivity contribution < 1.29 is 18.6 Å². The van der Waals surface area contributed by atoms with E-state index in [1.54, 1.807) is 13.2 Å². The third kappa shape index (κ3) is 4.94. The van der Waals surface area contributed by atoms with Crippen LogP contribution in [0.4, 0.5) is 4.39 Å². The summed E-state index contributed by atoms with van der Waals surface area (Å²) >= 11 is 0. The van der Waals surface area contributed by atoms with Crippen molar-refractivity contribution in [1.82, 2.24) is 20.2 Å². The molecule has 2 aromatic heterocycles. The molecule has 0 aliphatic carbocycles. The van der Waals surface area contributed by atoms with Gasteiger partial charge in [-0.2, -0.15) is 0 Å². The smallest absolute Gasteiger partial charge is 0.213 e. The second-order valence-electron chi connectivity index (χ2n) is 9.71. The summed E-state index contributed by atoms with van der Waals surface area (Å²) in [5, 5.41) is 3.77. The Hall–Kier alpha value is -2.68. The topological polar surface area (TPSA) is 68.7 Å². The van der Waals surface area contributed by atoms with Gasteiger partial charge in [-0.3, -0.25) is 9.88 Å². The molecule has 6 rings (SSSR count). The number of halogens is 2. The molecule has 7 nitrogen and oxygen atoms in total. The lowest BCUT2D eigenvalue weighted by atomic mass is 9.96. The zero-order valence-corrected chi connectivity index (χ0v) is 21.2. The largest absolute Gasteiger partial charge is 0.486 e. The van der Waals surface area contributed by atoms with Crippen LogP contribution in [0.5, 0.6) is 17.4 Å². The van der Waals surface area contributed by atoms with Gasteiger partial charge in [0.15, 0.2) is 11.5 Å². The van der Waals surface area contributed by atoms with Crippen molar-refractivity contribution in [3.8, 4) is 17.4 Å². The highest BCUT2D eigenvalue weighted by Crippen LogP contribution is 2.37. The van der Waals surface area contributed by atoms with E-state index in [9.17, 15) is 4.39 Å². The molecule has 3 aliphatic heterocycles. The van der Waals surface area contributed by atoms with Crippen LogP contribution in [0.1, 0.15) is 36.8 Å². The lowest BCUT2D eigenvalue weighted by Gasteiger charge is -2.39. The fourth-order valence-corrected chi connectivity index (χ4v) is 5.94. The first-order chi connectivity index (χ1) is 17.2. The lowest BCUT2D eigenvalue weighted by Crippen LogP contribution is -2.49. The third-order valence-electron chi connectivity index (χ3n) is 7.65. The molecule has 0 spiro atoms. The summed E-state index contributed by atoms with van der Waals surface area (Å²) in [6.45, 7) is 2.87. The number of methoxy groups -OCH3 is 1.